The Labute approximate surface area is 103 Å². The third-order valence-corrected chi connectivity index (χ3v) is 4.94. The highest BCUT2D eigenvalue weighted by atomic mass is 32.1. The summed E-state index contributed by atoms with van der Waals surface area (Å²) in [6.45, 7) is 2.29. The average molecular weight is 237 g/mol. The van der Waals surface area contributed by atoms with Gasteiger partial charge < -0.3 is 5.73 Å². The van der Waals surface area contributed by atoms with E-state index in [9.17, 15) is 0 Å². The summed E-state index contributed by atoms with van der Waals surface area (Å²) in [5, 5.41) is 4.42. The van der Waals surface area contributed by atoms with Crippen LogP contribution in [0.25, 0.3) is 0 Å². The van der Waals surface area contributed by atoms with E-state index >= 15 is 0 Å². The van der Waals surface area contributed by atoms with Gasteiger partial charge in [0, 0.05) is 5.54 Å². The Kier molecular flexibility index (Phi) is 4.04. The van der Waals surface area contributed by atoms with Gasteiger partial charge in [-0.25, -0.2) is 0 Å². The first kappa shape index (κ1) is 12.1. The molecule has 1 heterocycles. The molecule has 1 aliphatic rings. The lowest BCUT2D eigenvalue weighted by Crippen LogP contribution is -2.49. The van der Waals surface area contributed by atoms with Crippen LogP contribution in [0.15, 0.2) is 16.8 Å². The second-order valence-electron chi connectivity index (χ2n) is 5.22. The van der Waals surface area contributed by atoms with Crippen molar-refractivity contribution in [1.82, 2.24) is 0 Å². The fourth-order valence-electron chi connectivity index (χ4n) is 3.09. The Morgan fingerprint density at radius 3 is 3.06 bits per heavy atom. The topological polar surface area (TPSA) is 26.0 Å². The number of thiophene rings is 1. The van der Waals surface area contributed by atoms with Gasteiger partial charge in [-0.2, -0.15) is 11.3 Å². The van der Waals surface area contributed by atoms with E-state index in [1.807, 2.05) is 0 Å². The zero-order valence-electron chi connectivity index (χ0n) is 10.2. The van der Waals surface area contributed by atoms with Crippen LogP contribution in [0.1, 0.15) is 51.0 Å². The van der Waals surface area contributed by atoms with Crippen LogP contribution < -0.4 is 5.73 Å². The second kappa shape index (κ2) is 5.33. The number of aryl methyl sites for hydroxylation is 1. The van der Waals surface area contributed by atoms with E-state index in [0.717, 1.165) is 12.3 Å². The molecule has 1 nitrogen and oxygen atoms in total. The fourth-order valence-corrected chi connectivity index (χ4v) is 3.79. The number of hydrogen-bond donors (Lipinski definition) is 1. The largest absolute Gasteiger partial charge is 0.325 e. The molecule has 1 aliphatic carbocycles. The quantitative estimate of drug-likeness (QED) is 0.842. The first-order chi connectivity index (χ1) is 7.74. The lowest BCUT2D eigenvalue weighted by Gasteiger charge is -2.41. The van der Waals surface area contributed by atoms with Gasteiger partial charge in [0.2, 0.25) is 0 Å². The van der Waals surface area contributed by atoms with Gasteiger partial charge in [0.1, 0.15) is 0 Å². The molecule has 0 radical (unpaired) electrons. The van der Waals surface area contributed by atoms with Crippen LogP contribution in [0.5, 0.6) is 0 Å². The minimum absolute atomic E-state index is 0.120. The van der Waals surface area contributed by atoms with Crippen LogP contribution in [-0.4, -0.2) is 5.54 Å². The molecule has 2 N–H and O–H groups in total. The van der Waals surface area contributed by atoms with E-state index in [1.165, 1.54) is 44.1 Å². The van der Waals surface area contributed by atoms with Crippen molar-refractivity contribution in [1.29, 1.82) is 0 Å². The zero-order valence-corrected chi connectivity index (χ0v) is 11.1. The van der Waals surface area contributed by atoms with E-state index in [2.05, 4.69) is 23.8 Å². The Morgan fingerprint density at radius 1 is 1.50 bits per heavy atom. The molecule has 2 unspecified atom stereocenters. The van der Waals surface area contributed by atoms with Gasteiger partial charge in [0.25, 0.3) is 0 Å². The summed E-state index contributed by atoms with van der Waals surface area (Å²) in [6.07, 6.45) is 8.87. The predicted molar refractivity (Wildman–Crippen MR) is 71.8 cm³/mol. The number of nitrogens with two attached hydrogens (primary N) is 1. The summed E-state index contributed by atoms with van der Waals surface area (Å²) in [7, 11) is 0. The van der Waals surface area contributed by atoms with Crippen LogP contribution in [0.3, 0.4) is 0 Å². The van der Waals surface area contributed by atoms with Crippen molar-refractivity contribution in [2.45, 2.75) is 57.4 Å². The Hall–Kier alpha value is -0.340. The predicted octanol–water partition coefficient (Wildman–Crippen LogP) is 3.98. The van der Waals surface area contributed by atoms with E-state index in [0.29, 0.717) is 0 Å². The average Bonchev–Trinajstić information content (AvgIpc) is 2.80. The van der Waals surface area contributed by atoms with E-state index in [4.69, 9.17) is 5.73 Å². The van der Waals surface area contributed by atoms with Crippen LogP contribution in [-0.2, 0) is 6.42 Å². The van der Waals surface area contributed by atoms with Crippen molar-refractivity contribution in [3.63, 3.8) is 0 Å². The van der Waals surface area contributed by atoms with E-state index in [1.54, 1.807) is 11.3 Å². The highest BCUT2D eigenvalue weighted by molar-refractivity contribution is 7.07. The first-order valence-electron chi connectivity index (χ1n) is 6.54. The molecule has 16 heavy (non-hydrogen) atoms. The number of rotatable bonds is 4. The summed E-state index contributed by atoms with van der Waals surface area (Å²) in [4.78, 5) is 0. The Balaban J connectivity index is 1.94. The van der Waals surface area contributed by atoms with E-state index < -0.39 is 0 Å². The molecule has 1 aromatic rings. The van der Waals surface area contributed by atoms with Gasteiger partial charge in [0.15, 0.2) is 0 Å². The van der Waals surface area contributed by atoms with Crippen molar-refractivity contribution >= 4 is 11.3 Å². The van der Waals surface area contributed by atoms with Gasteiger partial charge in [-0.3, -0.25) is 0 Å². The van der Waals surface area contributed by atoms with Crippen LogP contribution >= 0.6 is 11.3 Å². The van der Waals surface area contributed by atoms with Gasteiger partial charge in [-0.05, 0) is 54.0 Å². The number of hydrogen-bond acceptors (Lipinski definition) is 2. The molecule has 0 aromatic carbocycles. The lowest BCUT2D eigenvalue weighted by molar-refractivity contribution is 0.171. The van der Waals surface area contributed by atoms with Crippen LogP contribution in [0.4, 0.5) is 0 Å². The van der Waals surface area contributed by atoms with Crippen molar-refractivity contribution in [2.24, 2.45) is 11.7 Å². The minimum atomic E-state index is 0.120. The molecule has 0 bridgehead atoms. The third kappa shape index (κ3) is 2.67. The summed E-state index contributed by atoms with van der Waals surface area (Å²) < 4.78 is 0. The third-order valence-electron chi connectivity index (χ3n) is 4.21. The maximum absolute atomic E-state index is 6.63. The molecule has 1 aromatic heterocycles. The Bertz CT molecular complexity index is 307. The molecular weight excluding hydrogens is 214 g/mol. The van der Waals surface area contributed by atoms with Gasteiger partial charge in [0.05, 0.1) is 0 Å². The highest BCUT2D eigenvalue weighted by Crippen LogP contribution is 2.37. The van der Waals surface area contributed by atoms with Crippen molar-refractivity contribution in [3.05, 3.63) is 22.4 Å². The second-order valence-corrected chi connectivity index (χ2v) is 6.00. The zero-order chi connectivity index (χ0) is 11.4. The summed E-state index contributed by atoms with van der Waals surface area (Å²) in [6, 6.07) is 2.23. The molecule has 2 rings (SSSR count). The fraction of sp³-hybridized carbons (Fsp3) is 0.714. The monoisotopic (exact) mass is 237 g/mol. The molecule has 1 saturated carbocycles. The molecule has 90 valence electrons. The van der Waals surface area contributed by atoms with E-state index in [-0.39, 0.29) is 5.54 Å². The molecule has 0 saturated heterocycles. The van der Waals surface area contributed by atoms with Crippen LogP contribution in [0.2, 0.25) is 0 Å². The highest BCUT2D eigenvalue weighted by Gasteiger charge is 2.35. The standard InChI is InChI=1S/C14H23NS/c1-2-13-5-3-4-8-14(13,15)9-6-12-7-10-16-11-12/h7,10-11,13H,2-6,8-9,15H2,1H3. The summed E-state index contributed by atoms with van der Waals surface area (Å²) in [5.74, 6) is 0.750. The summed E-state index contributed by atoms with van der Waals surface area (Å²) in [5.41, 5.74) is 8.22. The molecule has 1 fully saturated rings. The Morgan fingerprint density at radius 2 is 2.38 bits per heavy atom. The lowest BCUT2D eigenvalue weighted by atomic mass is 9.69. The maximum Gasteiger partial charge on any atom is 0.0185 e. The van der Waals surface area contributed by atoms with Gasteiger partial charge >= 0.3 is 0 Å². The van der Waals surface area contributed by atoms with Crippen molar-refractivity contribution in [2.75, 3.05) is 0 Å². The summed E-state index contributed by atoms with van der Waals surface area (Å²) >= 11 is 1.79. The normalized spacial score (nSPS) is 30.5. The minimum Gasteiger partial charge on any atom is -0.325 e. The SMILES string of the molecule is CCC1CCCCC1(N)CCc1ccsc1. The molecule has 2 heteroatoms. The molecule has 0 aliphatic heterocycles. The molecular formula is C14H23NS. The van der Waals surface area contributed by atoms with Crippen LogP contribution in [0, 0.1) is 5.92 Å². The van der Waals surface area contributed by atoms with Gasteiger partial charge in [-0.15, -0.1) is 0 Å². The maximum atomic E-state index is 6.63. The van der Waals surface area contributed by atoms with Crippen molar-refractivity contribution in [3.8, 4) is 0 Å². The molecule has 0 spiro atoms. The first-order valence-corrected chi connectivity index (χ1v) is 7.49. The smallest absolute Gasteiger partial charge is 0.0185 e. The molecule has 2 atom stereocenters. The molecule has 0 amide bonds. The van der Waals surface area contributed by atoms with Crippen molar-refractivity contribution < 1.29 is 0 Å². The van der Waals surface area contributed by atoms with Gasteiger partial charge in [-0.1, -0.05) is 26.2 Å².